The Kier molecular flexibility index (Phi) is 8.15. The number of rotatable bonds is 8. The second kappa shape index (κ2) is 11.5. The van der Waals surface area contributed by atoms with E-state index in [2.05, 4.69) is 20.4 Å². The zero-order chi connectivity index (χ0) is 24.8. The van der Waals surface area contributed by atoms with Gasteiger partial charge >= 0.3 is 0 Å². The van der Waals surface area contributed by atoms with Gasteiger partial charge in [-0.05, 0) is 64.0 Å². The van der Waals surface area contributed by atoms with Gasteiger partial charge in [0.15, 0.2) is 0 Å². The molecule has 2 amide bonds. The number of hydrogen-bond acceptors (Lipinski definition) is 6. The second-order valence-corrected chi connectivity index (χ2v) is 8.96. The number of benzene rings is 2. The van der Waals surface area contributed by atoms with Crippen molar-refractivity contribution in [3.63, 3.8) is 0 Å². The summed E-state index contributed by atoms with van der Waals surface area (Å²) in [6.45, 7) is 7.13. The normalized spacial score (nSPS) is 14.6. The predicted molar refractivity (Wildman–Crippen MR) is 135 cm³/mol. The van der Waals surface area contributed by atoms with Crippen molar-refractivity contribution in [1.82, 2.24) is 19.9 Å². The van der Waals surface area contributed by atoms with Crippen LogP contribution in [-0.2, 0) is 11.3 Å². The van der Waals surface area contributed by atoms with Gasteiger partial charge in [0.1, 0.15) is 0 Å². The number of piperidine rings is 1. The molecule has 2 aromatic carbocycles. The van der Waals surface area contributed by atoms with Gasteiger partial charge in [-0.15, -0.1) is 0 Å². The molecule has 35 heavy (non-hydrogen) atoms. The van der Waals surface area contributed by atoms with E-state index in [4.69, 9.17) is 16.1 Å². The summed E-state index contributed by atoms with van der Waals surface area (Å²) < 4.78 is 5.43. The monoisotopic (exact) mass is 495 g/mol. The van der Waals surface area contributed by atoms with E-state index in [0.717, 1.165) is 18.7 Å². The Hall–Kier alpha value is -3.23. The molecule has 0 unspecified atom stereocenters. The van der Waals surface area contributed by atoms with E-state index in [9.17, 15) is 9.59 Å². The van der Waals surface area contributed by atoms with E-state index < -0.39 is 0 Å². The average Bonchev–Trinajstić information content (AvgIpc) is 3.34. The van der Waals surface area contributed by atoms with Crippen molar-refractivity contribution in [3.05, 3.63) is 65.0 Å². The summed E-state index contributed by atoms with van der Waals surface area (Å²) in [5.41, 5.74) is 1.82. The van der Waals surface area contributed by atoms with Crippen LogP contribution in [0.15, 0.2) is 53.1 Å². The highest BCUT2D eigenvalue weighted by Crippen LogP contribution is 2.26. The summed E-state index contributed by atoms with van der Waals surface area (Å²) in [5, 5.41) is 7.63. The zero-order valence-electron chi connectivity index (χ0n) is 20.0. The maximum atomic E-state index is 13.0. The number of nitrogens with one attached hydrogen (secondary N) is 1. The van der Waals surface area contributed by atoms with E-state index >= 15 is 0 Å². The maximum Gasteiger partial charge on any atom is 0.255 e. The first-order valence-electron chi connectivity index (χ1n) is 12.0. The molecule has 1 aliphatic heterocycles. The Morgan fingerprint density at radius 2 is 1.77 bits per heavy atom. The van der Waals surface area contributed by atoms with Crippen molar-refractivity contribution in [2.75, 3.05) is 31.5 Å². The second-order valence-electron chi connectivity index (χ2n) is 8.55. The molecule has 0 saturated carbocycles. The molecule has 0 radical (unpaired) electrons. The van der Waals surface area contributed by atoms with Crippen molar-refractivity contribution < 1.29 is 14.1 Å². The van der Waals surface area contributed by atoms with Crippen LogP contribution in [0.3, 0.4) is 0 Å². The fourth-order valence-corrected chi connectivity index (χ4v) is 4.53. The van der Waals surface area contributed by atoms with Crippen molar-refractivity contribution in [3.8, 4) is 11.4 Å². The van der Waals surface area contributed by atoms with Gasteiger partial charge in [-0.25, -0.2) is 0 Å². The summed E-state index contributed by atoms with van der Waals surface area (Å²) in [7, 11) is 0. The number of para-hydroxylation sites is 1. The number of carbonyl (C=O) groups excluding carboxylic acids is 2. The lowest BCUT2D eigenvalue weighted by molar-refractivity contribution is -0.121. The summed E-state index contributed by atoms with van der Waals surface area (Å²) >= 11 is 6.23. The Balaban J connectivity index is 1.33. The van der Waals surface area contributed by atoms with Crippen molar-refractivity contribution in [1.29, 1.82) is 0 Å². The first-order valence-corrected chi connectivity index (χ1v) is 12.4. The minimum atomic E-state index is -0.121. The van der Waals surface area contributed by atoms with Crippen LogP contribution in [0, 0.1) is 5.92 Å². The van der Waals surface area contributed by atoms with Gasteiger partial charge < -0.3 is 14.7 Å². The third kappa shape index (κ3) is 5.89. The first-order chi connectivity index (χ1) is 17.0. The highest BCUT2D eigenvalue weighted by Gasteiger charge is 2.27. The van der Waals surface area contributed by atoms with Crippen LogP contribution >= 0.6 is 11.6 Å². The fraction of sp³-hybridized carbons (Fsp3) is 0.385. The highest BCUT2D eigenvalue weighted by molar-refractivity contribution is 6.33. The Bertz CT molecular complexity index is 1170. The van der Waals surface area contributed by atoms with E-state index in [1.54, 1.807) is 23.1 Å². The smallest absolute Gasteiger partial charge is 0.255 e. The third-order valence-electron chi connectivity index (χ3n) is 6.37. The van der Waals surface area contributed by atoms with Gasteiger partial charge in [0.2, 0.25) is 17.6 Å². The molecule has 0 bridgehead atoms. The van der Waals surface area contributed by atoms with Crippen LogP contribution in [0.4, 0.5) is 5.69 Å². The number of halogens is 1. The number of nitrogens with zero attached hydrogens (tertiary/aromatic N) is 4. The molecule has 1 aromatic heterocycles. The predicted octanol–water partition coefficient (Wildman–Crippen LogP) is 4.72. The van der Waals surface area contributed by atoms with E-state index in [0.29, 0.717) is 60.5 Å². The number of likely N-dealkylation sites (tertiary alicyclic amines) is 1. The molecule has 2 heterocycles. The average molecular weight is 496 g/mol. The van der Waals surface area contributed by atoms with E-state index in [1.165, 1.54) is 0 Å². The van der Waals surface area contributed by atoms with Crippen LogP contribution in [0.1, 0.15) is 42.9 Å². The minimum Gasteiger partial charge on any atom is -0.339 e. The Labute approximate surface area is 210 Å². The molecular weight excluding hydrogens is 466 g/mol. The molecule has 184 valence electrons. The van der Waals surface area contributed by atoms with Gasteiger partial charge in [-0.1, -0.05) is 41.0 Å². The van der Waals surface area contributed by atoms with Crippen LogP contribution < -0.4 is 5.32 Å². The molecular formula is C26H30ClN5O3. The van der Waals surface area contributed by atoms with Crippen molar-refractivity contribution in [2.24, 2.45) is 5.92 Å². The molecule has 1 saturated heterocycles. The lowest BCUT2D eigenvalue weighted by Crippen LogP contribution is -2.38. The topological polar surface area (TPSA) is 91.6 Å². The molecule has 8 nitrogen and oxygen atoms in total. The first kappa shape index (κ1) is 24.9. The quantitative estimate of drug-likeness (QED) is 0.486. The van der Waals surface area contributed by atoms with Gasteiger partial charge in [0, 0.05) is 24.6 Å². The van der Waals surface area contributed by atoms with E-state index in [-0.39, 0.29) is 17.7 Å². The summed E-state index contributed by atoms with van der Waals surface area (Å²) in [4.78, 5) is 34.3. The lowest BCUT2D eigenvalue weighted by Gasteiger charge is -2.30. The third-order valence-corrected chi connectivity index (χ3v) is 6.70. The number of anilines is 1. The molecule has 1 fully saturated rings. The molecule has 4 rings (SSSR count). The Morgan fingerprint density at radius 1 is 1.09 bits per heavy atom. The van der Waals surface area contributed by atoms with Crippen LogP contribution in [0.2, 0.25) is 5.02 Å². The highest BCUT2D eigenvalue weighted by atomic mass is 35.5. The SMILES string of the molecule is CCN(CC)C(=O)c1ccccc1NC(=O)C1CCN(Cc2nc(-c3ccccc3Cl)no2)CC1. The zero-order valence-corrected chi connectivity index (χ0v) is 20.8. The molecule has 9 heteroatoms. The molecule has 1 N–H and O–H groups in total. The fourth-order valence-electron chi connectivity index (χ4n) is 4.31. The van der Waals surface area contributed by atoms with Gasteiger partial charge in [0.25, 0.3) is 5.91 Å². The molecule has 0 spiro atoms. The van der Waals surface area contributed by atoms with Crippen molar-refractivity contribution >= 4 is 29.1 Å². The summed E-state index contributed by atoms with van der Waals surface area (Å²) in [5.74, 6) is 0.744. The van der Waals surface area contributed by atoms with Gasteiger partial charge in [-0.3, -0.25) is 14.5 Å². The van der Waals surface area contributed by atoms with Gasteiger partial charge in [0.05, 0.1) is 22.8 Å². The van der Waals surface area contributed by atoms with E-state index in [1.807, 2.05) is 44.2 Å². The number of amides is 2. The molecule has 0 aliphatic carbocycles. The minimum absolute atomic E-state index is 0.0526. The number of hydrogen-bond donors (Lipinski definition) is 1. The largest absolute Gasteiger partial charge is 0.339 e. The number of aromatic nitrogens is 2. The van der Waals surface area contributed by atoms with Crippen LogP contribution in [-0.4, -0.2) is 57.9 Å². The number of carbonyl (C=O) groups is 2. The maximum absolute atomic E-state index is 13.0. The van der Waals surface area contributed by atoms with Crippen LogP contribution in [0.5, 0.6) is 0 Å². The van der Waals surface area contributed by atoms with Crippen molar-refractivity contribution in [2.45, 2.75) is 33.2 Å². The lowest BCUT2D eigenvalue weighted by atomic mass is 9.95. The molecule has 1 aliphatic rings. The standard InChI is InChI=1S/C26H30ClN5O3/c1-3-32(4-2)26(34)20-10-6-8-12-22(20)28-25(33)18-13-15-31(16-14-18)17-23-29-24(30-35-23)19-9-5-7-11-21(19)27/h5-12,18H,3-4,13-17H2,1-2H3,(H,28,33). The summed E-state index contributed by atoms with van der Waals surface area (Å²) in [6.07, 6.45) is 1.42. The Morgan fingerprint density at radius 3 is 2.49 bits per heavy atom. The summed E-state index contributed by atoms with van der Waals surface area (Å²) in [6, 6.07) is 14.6. The molecule has 3 aromatic rings. The van der Waals surface area contributed by atoms with Gasteiger partial charge in [-0.2, -0.15) is 4.98 Å². The van der Waals surface area contributed by atoms with Crippen LogP contribution in [0.25, 0.3) is 11.4 Å². The molecule has 0 atom stereocenters.